The number of ketones is 1. The van der Waals surface area contributed by atoms with E-state index in [9.17, 15) is 4.79 Å². The van der Waals surface area contributed by atoms with Crippen LogP contribution in [0.2, 0.25) is 0 Å². The fourth-order valence-corrected chi connectivity index (χ4v) is 2.17. The third-order valence-electron chi connectivity index (χ3n) is 3.13. The highest BCUT2D eigenvalue weighted by Crippen LogP contribution is 2.20. The minimum Gasteiger partial charge on any atom is -0.354 e. The highest BCUT2D eigenvalue weighted by atomic mass is 16.1. The van der Waals surface area contributed by atoms with E-state index >= 15 is 0 Å². The molecule has 0 saturated heterocycles. The second-order valence-electron chi connectivity index (χ2n) is 7.38. The third kappa shape index (κ3) is 4.83. The van der Waals surface area contributed by atoms with Crippen LogP contribution in [0.4, 0.5) is 0 Å². The normalized spacial score (nSPS) is 14.5. The molecule has 0 saturated carbocycles. The molecule has 1 rings (SSSR count). The molecule has 108 valence electrons. The van der Waals surface area contributed by atoms with Crippen LogP contribution in [0, 0.1) is 5.41 Å². The molecule has 0 bridgehead atoms. The van der Waals surface area contributed by atoms with Crippen LogP contribution < -0.4 is 5.32 Å². The van der Waals surface area contributed by atoms with E-state index in [0.717, 1.165) is 6.42 Å². The smallest absolute Gasteiger partial charge is 0.155 e. The van der Waals surface area contributed by atoms with Gasteiger partial charge in [0.05, 0.1) is 6.04 Å². The Morgan fingerprint density at radius 2 is 1.84 bits per heavy atom. The van der Waals surface area contributed by atoms with Gasteiger partial charge in [0.15, 0.2) is 5.78 Å². The van der Waals surface area contributed by atoms with Crippen molar-refractivity contribution < 1.29 is 4.79 Å². The standard InChI is InChI=1S/C16H28N2O/c1-15(2,3)14(19)13(17-16(4,5)6)11-12-9-8-10-18(12)7/h8-10,13,17H,11H2,1-7H3/t13-/m0/s1. The van der Waals surface area contributed by atoms with E-state index < -0.39 is 0 Å². The Labute approximate surface area is 117 Å². The van der Waals surface area contributed by atoms with Crippen LogP contribution in [0.5, 0.6) is 0 Å². The molecule has 0 aliphatic carbocycles. The van der Waals surface area contributed by atoms with Crippen LogP contribution in [0.1, 0.15) is 47.2 Å². The van der Waals surface area contributed by atoms with Crippen molar-refractivity contribution >= 4 is 5.78 Å². The SMILES string of the molecule is Cn1cccc1C[C@H](NC(C)(C)C)C(=O)C(C)(C)C. The number of hydrogen-bond acceptors (Lipinski definition) is 2. The minimum absolute atomic E-state index is 0.0727. The van der Waals surface area contributed by atoms with Crippen molar-refractivity contribution in [3.8, 4) is 0 Å². The first kappa shape index (κ1) is 16.0. The molecule has 1 atom stereocenters. The molecule has 1 aromatic heterocycles. The van der Waals surface area contributed by atoms with Gasteiger partial charge in [-0.3, -0.25) is 4.79 Å². The number of aryl methyl sites for hydroxylation is 1. The van der Waals surface area contributed by atoms with Crippen molar-refractivity contribution in [2.75, 3.05) is 0 Å². The van der Waals surface area contributed by atoms with E-state index in [1.165, 1.54) is 5.69 Å². The first-order valence-corrected chi connectivity index (χ1v) is 6.93. The second-order valence-corrected chi connectivity index (χ2v) is 7.38. The van der Waals surface area contributed by atoms with Gasteiger partial charge < -0.3 is 9.88 Å². The van der Waals surface area contributed by atoms with Crippen molar-refractivity contribution in [3.63, 3.8) is 0 Å². The van der Waals surface area contributed by atoms with E-state index in [2.05, 4.69) is 36.7 Å². The fourth-order valence-electron chi connectivity index (χ4n) is 2.17. The van der Waals surface area contributed by atoms with Gasteiger partial charge in [-0.05, 0) is 32.9 Å². The van der Waals surface area contributed by atoms with Gasteiger partial charge in [0.2, 0.25) is 0 Å². The van der Waals surface area contributed by atoms with Gasteiger partial charge in [0.25, 0.3) is 0 Å². The maximum absolute atomic E-state index is 12.6. The molecule has 3 heteroatoms. The fraction of sp³-hybridized carbons (Fsp3) is 0.688. The summed E-state index contributed by atoms with van der Waals surface area (Å²) < 4.78 is 2.08. The van der Waals surface area contributed by atoms with Gasteiger partial charge in [-0.1, -0.05) is 20.8 Å². The average molecular weight is 264 g/mol. The number of carbonyl (C=O) groups excluding carboxylic acids is 1. The lowest BCUT2D eigenvalue weighted by atomic mass is 9.84. The number of nitrogens with one attached hydrogen (secondary N) is 1. The minimum atomic E-state index is -0.325. The summed E-state index contributed by atoms with van der Waals surface area (Å²) in [6, 6.07) is 3.95. The number of carbonyl (C=O) groups is 1. The highest BCUT2D eigenvalue weighted by Gasteiger charge is 2.32. The molecular formula is C16H28N2O. The van der Waals surface area contributed by atoms with Gasteiger partial charge in [-0.15, -0.1) is 0 Å². The van der Waals surface area contributed by atoms with Crippen LogP contribution in [0.15, 0.2) is 18.3 Å². The summed E-state index contributed by atoms with van der Waals surface area (Å²) in [5.74, 6) is 0.267. The Hall–Kier alpha value is -1.09. The van der Waals surface area contributed by atoms with Crippen molar-refractivity contribution in [1.29, 1.82) is 0 Å². The molecule has 0 aliphatic rings. The van der Waals surface area contributed by atoms with E-state index in [0.29, 0.717) is 0 Å². The zero-order valence-electron chi connectivity index (χ0n) is 13.4. The van der Waals surface area contributed by atoms with Crippen LogP contribution in [-0.2, 0) is 18.3 Å². The second kappa shape index (κ2) is 5.49. The predicted octanol–water partition coefficient (Wildman–Crippen LogP) is 2.94. The Morgan fingerprint density at radius 3 is 2.21 bits per heavy atom. The quantitative estimate of drug-likeness (QED) is 0.907. The van der Waals surface area contributed by atoms with Crippen molar-refractivity contribution in [2.24, 2.45) is 12.5 Å². The van der Waals surface area contributed by atoms with E-state index in [-0.39, 0.29) is 22.8 Å². The summed E-state index contributed by atoms with van der Waals surface area (Å²) in [6.45, 7) is 12.2. The lowest BCUT2D eigenvalue weighted by Crippen LogP contribution is -2.52. The van der Waals surface area contributed by atoms with Gasteiger partial charge in [0, 0.05) is 36.3 Å². The molecule has 3 nitrogen and oxygen atoms in total. The largest absolute Gasteiger partial charge is 0.354 e. The van der Waals surface area contributed by atoms with Crippen molar-refractivity contribution in [3.05, 3.63) is 24.0 Å². The molecule has 1 heterocycles. The summed E-state index contributed by atoms with van der Waals surface area (Å²) in [7, 11) is 2.02. The highest BCUT2D eigenvalue weighted by molar-refractivity contribution is 5.89. The zero-order valence-corrected chi connectivity index (χ0v) is 13.4. The van der Waals surface area contributed by atoms with Gasteiger partial charge in [-0.25, -0.2) is 0 Å². The number of hydrogen-bond donors (Lipinski definition) is 1. The van der Waals surface area contributed by atoms with Crippen LogP contribution in [-0.4, -0.2) is 21.9 Å². The van der Waals surface area contributed by atoms with Crippen LogP contribution in [0.3, 0.4) is 0 Å². The molecule has 0 amide bonds. The molecule has 0 fully saturated rings. The molecule has 0 spiro atoms. The van der Waals surface area contributed by atoms with E-state index in [4.69, 9.17) is 0 Å². The molecule has 0 aromatic carbocycles. The Balaban J connectivity index is 2.93. The Bertz CT molecular complexity index is 432. The maximum atomic E-state index is 12.6. The molecule has 0 radical (unpaired) electrons. The van der Waals surface area contributed by atoms with Gasteiger partial charge >= 0.3 is 0 Å². The van der Waals surface area contributed by atoms with E-state index in [1.54, 1.807) is 0 Å². The lowest BCUT2D eigenvalue weighted by molar-refractivity contribution is -0.128. The van der Waals surface area contributed by atoms with Crippen LogP contribution >= 0.6 is 0 Å². The number of rotatable bonds is 4. The maximum Gasteiger partial charge on any atom is 0.155 e. The van der Waals surface area contributed by atoms with Gasteiger partial charge in [0.1, 0.15) is 0 Å². The first-order chi connectivity index (χ1) is 8.50. The summed E-state index contributed by atoms with van der Waals surface area (Å²) in [4.78, 5) is 12.6. The summed E-state index contributed by atoms with van der Waals surface area (Å²) in [6.07, 6.45) is 2.75. The molecular weight excluding hydrogens is 236 g/mol. The predicted molar refractivity (Wildman–Crippen MR) is 80.3 cm³/mol. The topological polar surface area (TPSA) is 34.0 Å². The molecule has 0 aliphatic heterocycles. The molecule has 1 aromatic rings. The molecule has 1 N–H and O–H groups in total. The Morgan fingerprint density at radius 1 is 1.26 bits per heavy atom. The molecule has 0 unspecified atom stereocenters. The first-order valence-electron chi connectivity index (χ1n) is 6.93. The Kier molecular flexibility index (Phi) is 4.62. The molecule has 19 heavy (non-hydrogen) atoms. The van der Waals surface area contributed by atoms with E-state index in [1.807, 2.05) is 40.1 Å². The summed E-state index contributed by atoms with van der Waals surface area (Å²) >= 11 is 0. The monoisotopic (exact) mass is 264 g/mol. The summed E-state index contributed by atoms with van der Waals surface area (Å²) in [5, 5.41) is 3.47. The lowest BCUT2D eigenvalue weighted by Gasteiger charge is -2.32. The number of nitrogens with zero attached hydrogens (tertiary/aromatic N) is 1. The van der Waals surface area contributed by atoms with Crippen LogP contribution in [0.25, 0.3) is 0 Å². The van der Waals surface area contributed by atoms with Crippen molar-refractivity contribution in [2.45, 2.75) is 59.5 Å². The van der Waals surface area contributed by atoms with Gasteiger partial charge in [-0.2, -0.15) is 0 Å². The number of aromatic nitrogens is 1. The number of Topliss-reactive ketones (excluding diaryl/α,β-unsaturated/α-hetero) is 1. The third-order valence-corrected chi connectivity index (χ3v) is 3.13. The summed E-state index contributed by atoms with van der Waals surface area (Å²) in [5.41, 5.74) is 0.782. The zero-order chi connectivity index (χ0) is 14.8. The van der Waals surface area contributed by atoms with Crippen molar-refractivity contribution in [1.82, 2.24) is 9.88 Å². The average Bonchev–Trinajstić information content (AvgIpc) is 2.59.